The molecular formula is C24H23FN4O4S. The Kier molecular flexibility index (Phi) is 5.86. The standard InChI is InChI=1S/C24H23FN4O4S/c1-15(2)34(31,32)33-19-10-5-9-18(14-19)24(22(30)29(3)23(26)28-24)17-8-4-7-16(13-17)20-11-6-12-27-21(20)25/h4-15H,1-3H3,(H2,26,28). The summed E-state index contributed by atoms with van der Waals surface area (Å²) in [5.74, 6) is -1.07. The number of carbonyl (C=O) groups is 1. The van der Waals surface area contributed by atoms with Crippen LogP contribution in [0.2, 0.25) is 0 Å². The topological polar surface area (TPSA) is 115 Å². The Morgan fingerprint density at radius 2 is 1.74 bits per heavy atom. The lowest BCUT2D eigenvalue weighted by Crippen LogP contribution is -2.41. The summed E-state index contributed by atoms with van der Waals surface area (Å²) in [5.41, 5.74) is 5.94. The number of benzene rings is 2. The highest BCUT2D eigenvalue weighted by molar-refractivity contribution is 7.87. The summed E-state index contributed by atoms with van der Waals surface area (Å²) in [6, 6.07) is 16.0. The van der Waals surface area contributed by atoms with Gasteiger partial charge in [0, 0.05) is 18.8 Å². The van der Waals surface area contributed by atoms with Crippen LogP contribution in [0.1, 0.15) is 25.0 Å². The molecule has 1 aliphatic rings. The molecule has 4 rings (SSSR count). The zero-order chi connectivity index (χ0) is 24.7. The number of likely N-dealkylation sites (N-methyl/N-ethyl adjacent to an activating group) is 1. The van der Waals surface area contributed by atoms with Crippen LogP contribution in [0.25, 0.3) is 11.1 Å². The lowest BCUT2D eigenvalue weighted by atomic mass is 9.81. The lowest BCUT2D eigenvalue weighted by Gasteiger charge is -2.27. The average molecular weight is 483 g/mol. The van der Waals surface area contributed by atoms with E-state index in [9.17, 15) is 17.6 Å². The second-order valence-corrected chi connectivity index (χ2v) is 10.2. The number of aromatic nitrogens is 1. The molecule has 176 valence electrons. The predicted octanol–water partition coefficient (Wildman–Crippen LogP) is 3.04. The number of carbonyl (C=O) groups excluding carboxylic acids is 1. The molecule has 2 aromatic carbocycles. The van der Waals surface area contributed by atoms with Crippen LogP contribution in [0.5, 0.6) is 5.75 Å². The minimum atomic E-state index is -3.86. The van der Waals surface area contributed by atoms with E-state index in [1.54, 1.807) is 48.5 Å². The van der Waals surface area contributed by atoms with Crippen molar-refractivity contribution in [3.05, 3.63) is 83.9 Å². The van der Waals surface area contributed by atoms with E-state index in [4.69, 9.17) is 9.92 Å². The highest BCUT2D eigenvalue weighted by atomic mass is 32.2. The van der Waals surface area contributed by atoms with Gasteiger partial charge >= 0.3 is 10.1 Å². The maximum Gasteiger partial charge on any atom is 0.311 e. The molecule has 0 fully saturated rings. The maximum absolute atomic E-state index is 14.4. The van der Waals surface area contributed by atoms with Crippen LogP contribution in [-0.4, -0.2) is 42.5 Å². The molecule has 1 aromatic heterocycles. The van der Waals surface area contributed by atoms with Gasteiger partial charge in [0.2, 0.25) is 5.95 Å². The van der Waals surface area contributed by atoms with Crippen molar-refractivity contribution in [2.75, 3.05) is 7.05 Å². The van der Waals surface area contributed by atoms with Crippen molar-refractivity contribution in [3.63, 3.8) is 0 Å². The number of aliphatic imine (C=N–C) groups is 1. The Labute approximate surface area is 197 Å². The summed E-state index contributed by atoms with van der Waals surface area (Å²) in [6.07, 6.45) is 1.35. The second-order valence-electron chi connectivity index (χ2n) is 8.12. The van der Waals surface area contributed by atoms with Gasteiger partial charge in [-0.15, -0.1) is 0 Å². The molecule has 8 nitrogen and oxygen atoms in total. The van der Waals surface area contributed by atoms with Crippen LogP contribution in [0.4, 0.5) is 4.39 Å². The molecule has 10 heteroatoms. The summed E-state index contributed by atoms with van der Waals surface area (Å²) >= 11 is 0. The number of nitrogens with zero attached hydrogens (tertiary/aromatic N) is 3. The van der Waals surface area contributed by atoms with Gasteiger partial charge < -0.3 is 9.92 Å². The fourth-order valence-electron chi connectivity index (χ4n) is 3.70. The van der Waals surface area contributed by atoms with Gasteiger partial charge in [0.15, 0.2) is 11.5 Å². The molecule has 0 spiro atoms. The van der Waals surface area contributed by atoms with E-state index >= 15 is 0 Å². The van der Waals surface area contributed by atoms with Gasteiger partial charge in [-0.1, -0.05) is 30.3 Å². The smallest absolute Gasteiger partial charge is 0.311 e. The molecule has 1 amide bonds. The minimum Gasteiger partial charge on any atom is -0.382 e. The van der Waals surface area contributed by atoms with Crippen LogP contribution < -0.4 is 9.92 Å². The van der Waals surface area contributed by atoms with Crippen LogP contribution >= 0.6 is 0 Å². The first kappa shape index (κ1) is 23.4. The number of rotatable bonds is 6. The maximum atomic E-state index is 14.4. The summed E-state index contributed by atoms with van der Waals surface area (Å²) in [5, 5.41) is -0.760. The normalized spacial score (nSPS) is 18.3. The number of nitrogens with two attached hydrogens (primary N) is 1. The van der Waals surface area contributed by atoms with Crippen molar-refractivity contribution in [2.45, 2.75) is 24.6 Å². The first-order chi connectivity index (χ1) is 16.1. The van der Waals surface area contributed by atoms with Gasteiger partial charge in [-0.05, 0) is 60.9 Å². The molecule has 1 atom stereocenters. The number of guanidine groups is 1. The van der Waals surface area contributed by atoms with Crippen molar-refractivity contribution in [1.82, 2.24) is 9.88 Å². The molecule has 2 heterocycles. The Balaban J connectivity index is 1.90. The summed E-state index contributed by atoms with van der Waals surface area (Å²) in [7, 11) is -2.37. The molecular weight excluding hydrogens is 459 g/mol. The molecule has 0 saturated carbocycles. The fraction of sp³-hybridized carbons (Fsp3) is 0.208. The first-order valence-electron chi connectivity index (χ1n) is 10.4. The largest absolute Gasteiger partial charge is 0.382 e. The van der Waals surface area contributed by atoms with Crippen LogP contribution in [0.15, 0.2) is 71.9 Å². The Hall–Kier alpha value is -3.79. The monoisotopic (exact) mass is 482 g/mol. The third-order valence-corrected chi connectivity index (χ3v) is 7.21. The van der Waals surface area contributed by atoms with Gasteiger partial charge in [0.1, 0.15) is 5.75 Å². The van der Waals surface area contributed by atoms with Crippen molar-refractivity contribution < 1.29 is 21.8 Å². The molecule has 0 radical (unpaired) electrons. The van der Waals surface area contributed by atoms with Gasteiger partial charge in [-0.25, -0.2) is 9.98 Å². The molecule has 0 saturated heterocycles. The second kappa shape index (κ2) is 8.53. The Morgan fingerprint density at radius 1 is 1.06 bits per heavy atom. The van der Waals surface area contributed by atoms with Crippen molar-refractivity contribution in [3.8, 4) is 16.9 Å². The third-order valence-electron chi connectivity index (χ3n) is 5.63. The fourth-order valence-corrected chi connectivity index (χ4v) is 4.26. The summed E-state index contributed by atoms with van der Waals surface area (Å²) < 4.78 is 44.2. The van der Waals surface area contributed by atoms with Gasteiger partial charge in [0.05, 0.1) is 5.25 Å². The SMILES string of the molecule is CC(C)S(=O)(=O)Oc1cccc(C2(c3cccc(-c4cccnc4F)c3)N=C(N)N(C)C2=O)c1. The third kappa shape index (κ3) is 3.90. The van der Waals surface area contributed by atoms with Crippen molar-refractivity contribution in [1.29, 1.82) is 0 Å². The molecule has 34 heavy (non-hydrogen) atoms. The highest BCUT2D eigenvalue weighted by Gasteiger charge is 2.49. The van der Waals surface area contributed by atoms with E-state index in [2.05, 4.69) is 9.98 Å². The molecule has 0 bridgehead atoms. The Bertz CT molecular complexity index is 1410. The zero-order valence-electron chi connectivity index (χ0n) is 18.8. The predicted molar refractivity (Wildman–Crippen MR) is 126 cm³/mol. The summed E-state index contributed by atoms with van der Waals surface area (Å²) in [4.78, 5) is 23.0. The van der Waals surface area contributed by atoms with E-state index in [1.165, 1.54) is 44.1 Å². The van der Waals surface area contributed by atoms with E-state index in [-0.39, 0.29) is 17.3 Å². The number of hydrogen-bond donors (Lipinski definition) is 1. The first-order valence-corrected chi connectivity index (χ1v) is 11.9. The molecule has 1 unspecified atom stereocenters. The minimum absolute atomic E-state index is 0.0101. The van der Waals surface area contributed by atoms with Crippen LogP contribution in [-0.2, 0) is 20.5 Å². The highest BCUT2D eigenvalue weighted by Crippen LogP contribution is 2.41. The number of amides is 1. The van der Waals surface area contributed by atoms with Crippen LogP contribution in [0.3, 0.4) is 0 Å². The molecule has 3 aromatic rings. The van der Waals surface area contributed by atoms with Gasteiger partial charge in [0.25, 0.3) is 5.91 Å². The number of halogens is 1. The van der Waals surface area contributed by atoms with Gasteiger partial charge in [-0.3, -0.25) is 9.69 Å². The van der Waals surface area contributed by atoms with Crippen LogP contribution in [0, 0.1) is 5.95 Å². The van der Waals surface area contributed by atoms with Crippen molar-refractivity contribution >= 4 is 22.0 Å². The molecule has 2 N–H and O–H groups in total. The number of hydrogen-bond acceptors (Lipinski definition) is 7. The molecule has 1 aliphatic heterocycles. The zero-order valence-corrected chi connectivity index (χ0v) is 19.6. The van der Waals surface area contributed by atoms with Gasteiger partial charge in [-0.2, -0.15) is 12.8 Å². The quantitative estimate of drug-likeness (QED) is 0.427. The van der Waals surface area contributed by atoms with E-state index in [0.717, 1.165) is 0 Å². The van der Waals surface area contributed by atoms with E-state index in [0.29, 0.717) is 16.7 Å². The average Bonchev–Trinajstić information content (AvgIpc) is 3.04. The van der Waals surface area contributed by atoms with E-state index < -0.39 is 32.8 Å². The Morgan fingerprint density at radius 3 is 2.35 bits per heavy atom. The lowest BCUT2D eigenvalue weighted by molar-refractivity contribution is -0.129. The van der Waals surface area contributed by atoms with E-state index in [1.807, 2.05) is 0 Å². The number of pyridine rings is 1. The molecule has 0 aliphatic carbocycles. The summed E-state index contributed by atoms with van der Waals surface area (Å²) in [6.45, 7) is 3.01. The van der Waals surface area contributed by atoms with Crippen molar-refractivity contribution in [2.24, 2.45) is 10.7 Å².